The van der Waals surface area contributed by atoms with E-state index in [0.717, 1.165) is 48.3 Å². The number of unbranched alkanes of at least 4 members (excludes halogenated alkanes) is 6. The molecule has 3 rings (SSSR count). The molecule has 0 amide bonds. The first-order valence-corrected chi connectivity index (χ1v) is 16.3. The normalized spacial score (nSPS) is 12.3. The maximum Gasteiger partial charge on any atom is 0.338 e. The molecule has 0 aliphatic heterocycles. The number of rotatable bonds is 20. The zero-order valence-corrected chi connectivity index (χ0v) is 27.0. The van der Waals surface area contributed by atoms with Gasteiger partial charge in [-0.2, -0.15) is 0 Å². The van der Waals surface area contributed by atoms with Crippen LogP contribution in [-0.2, 0) is 22.7 Å². The van der Waals surface area contributed by atoms with Crippen molar-refractivity contribution >= 4 is 11.9 Å². The molecule has 6 heteroatoms. The molecule has 0 heterocycles. The number of hydrogen-bond donors (Lipinski definition) is 0. The summed E-state index contributed by atoms with van der Waals surface area (Å²) in [5.74, 6) is 0.876. The molecule has 2 atom stereocenters. The molecule has 0 spiro atoms. The standard InChI is InChI=1S/C38H50O6/c1-5-7-9-11-13-29(3)43-37(39)33-19-15-31(16-20-33)27-41-35-23-25-36(26-24-35)42-28-32-17-21-34(22-18-32)38(40)44-30(4)14-12-10-8-6-2/h15-26,29-30H,5-14,27-28H2,1-4H3/t29-,30-/m1/s1. The van der Waals surface area contributed by atoms with Gasteiger partial charge in [0.1, 0.15) is 24.7 Å². The number of carbonyl (C=O) groups excluding carboxylic acids is 2. The fraction of sp³-hybridized carbons (Fsp3) is 0.474. The van der Waals surface area contributed by atoms with E-state index in [1.807, 2.05) is 62.4 Å². The lowest BCUT2D eigenvalue weighted by atomic mass is 10.1. The molecule has 0 radical (unpaired) electrons. The summed E-state index contributed by atoms with van der Waals surface area (Å²) >= 11 is 0. The van der Waals surface area contributed by atoms with E-state index < -0.39 is 0 Å². The quantitative estimate of drug-likeness (QED) is 0.0947. The minimum atomic E-state index is -0.285. The van der Waals surface area contributed by atoms with Crippen molar-refractivity contribution in [2.24, 2.45) is 0 Å². The molecule has 44 heavy (non-hydrogen) atoms. The lowest BCUT2D eigenvalue weighted by molar-refractivity contribution is 0.0309. The summed E-state index contributed by atoms with van der Waals surface area (Å²) in [6.45, 7) is 9.05. The van der Waals surface area contributed by atoms with E-state index in [1.54, 1.807) is 24.3 Å². The molecular weight excluding hydrogens is 552 g/mol. The van der Waals surface area contributed by atoms with Crippen LogP contribution in [-0.4, -0.2) is 24.1 Å². The van der Waals surface area contributed by atoms with Gasteiger partial charge in [-0.25, -0.2) is 9.59 Å². The largest absolute Gasteiger partial charge is 0.489 e. The van der Waals surface area contributed by atoms with Crippen molar-refractivity contribution in [3.05, 3.63) is 95.1 Å². The van der Waals surface area contributed by atoms with Gasteiger partial charge in [0.05, 0.1) is 23.3 Å². The van der Waals surface area contributed by atoms with E-state index in [9.17, 15) is 9.59 Å². The number of hydrogen-bond acceptors (Lipinski definition) is 6. The molecule has 0 unspecified atom stereocenters. The average molecular weight is 603 g/mol. The average Bonchev–Trinajstić information content (AvgIpc) is 3.04. The van der Waals surface area contributed by atoms with Crippen molar-refractivity contribution < 1.29 is 28.5 Å². The van der Waals surface area contributed by atoms with Crippen LogP contribution in [0.2, 0.25) is 0 Å². The van der Waals surface area contributed by atoms with Crippen LogP contribution in [0.1, 0.15) is 124 Å². The van der Waals surface area contributed by atoms with Gasteiger partial charge < -0.3 is 18.9 Å². The SMILES string of the molecule is CCCCCC[C@@H](C)OC(=O)c1ccc(COc2ccc(OCc3ccc(C(=O)O[C@H](C)CCCCCC)cc3)cc2)cc1. The van der Waals surface area contributed by atoms with Crippen molar-refractivity contribution in [3.63, 3.8) is 0 Å². The summed E-state index contributed by atoms with van der Waals surface area (Å²) in [6.07, 6.45) is 11.0. The number of benzene rings is 3. The molecule has 6 nitrogen and oxygen atoms in total. The number of ether oxygens (including phenoxy) is 4. The van der Waals surface area contributed by atoms with Crippen molar-refractivity contribution in [1.29, 1.82) is 0 Å². The summed E-state index contributed by atoms with van der Waals surface area (Å²) in [6, 6.07) is 22.2. The van der Waals surface area contributed by atoms with Crippen molar-refractivity contribution in [3.8, 4) is 11.5 Å². The smallest absolute Gasteiger partial charge is 0.338 e. The molecule has 0 bridgehead atoms. The minimum absolute atomic E-state index is 0.0795. The van der Waals surface area contributed by atoms with Gasteiger partial charge in [-0.3, -0.25) is 0 Å². The van der Waals surface area contributed by atoms with Gasteiger partial charge in [0.15, 0.2) is 0 Å². The van der Waals surface area contributed by atoms with Crippen LogP contribution in [0.3, 0.4) is 0 Å². The van der Waals surface area contributed by atoms with Crippen LogP contribution >= 0.6 is 0 Å². The molecule has 0 aromatic heterocycles. The van der Waals surface area contributed by atoms with Gasteiger partial charge in [-0.05, 0) is 99.2 Å². The second-order valence-corrected chi connectivity index (χ2v) is 11.6. The summed E-state index contributed by atoms with van der Waals surface area (Å²) < 4.78 is 23.0. The Morgan fingerprint density at radius 2 is 0.886 bits per heavy atom. The van der Waals surface area contributed by atoms with E-state index in [0.29, 0.717) is 24.3 Å². The Hall–Kier alpha value is -3.80. The highest BCUT2D eigenvalue weighted by Gasteiger charge is 2.13. The van der Waals surface area contributed by atoms with Crippen molar-refractivity contribution in [2.75, 3.05) is 0 Å². The highest BCUT2D eigenvalue weighted by molar-refractivity contribution is 5.90. The maximum absolute atomic E-state index is 12.4. The van der Waals surface area contributed by atoms with Crippen LogP contribution in [0.15, 0.2) is 72.8 Å². The lowest BCUT2D eigenvalue weighted by Crippen LogP contribution is -2.15. The van der Waals surface area contributed by atoms with Gasteiger partial charge in [-0.15, -0.1) is 0 Å². The fourth-order valence-corrected chi connectivity index (χ4v) is 4.78. The summed E-state index contributed by atoms with van der Waals surface area (Å²) in [4.78, 5) is 24.9. The van der Waals surface area contributed by atoms with Crippen LogP contribution in [0, 0.1) is 0 Å². The zero-order chi connectivity index (χ0) is 31.6. The Morgan fingerprint density at radius 3 is 1.23 bits per heavy atom. The molecule has 3 aromatic carbocycles. The lowest BCUT2D eigenvalue weighted by Gasteiger charge is -2.13. The Balaban J connectivity index is 1.37. The Bertz CT molecular complexity index is 1140. The van der Waals surface area contributed by atoms with Crippen LogP contribution in [0.5, 0.6) is 11.5 Å². The van der Waals surface area contributed by atoms with Crippen LogP contribution in [0.25, 0.3) is 0 Å². The van der Waals surface area contributed by atoms with Crippen molar-refractivity contribution in [1.82, 2.24) is 0 Å². The topological polar surface area (TPSA) is 71.1 Å². The third kappa shape index (κ3) is 12.8. The third-order valence-corrected chi connectivity index (χ3v) is 7.56. The van der Waals surface area contributed by atoms with E-state index in [-0.39, 0.29) is 24.1 Å². The first-order valence-electron chi connectivity index (χ1n) is 16.3. The highest BCUT2D eigenvalue weighted by atomic mass is 16.5. The van der Waals surface area contributed by atoms with Gasteiger partial charge in [-0.1, -0.05) is 76.6 Å². The number of carbonyl (C=O) groups is 2. The molecule has 0 saturated heterocycles. The molecule has 3 aromatic rings. The second kappa shape index (κ2) is 19.5. The minimum Gasteiger partial charge on any atom is -0.489 e. The van der Waals surface area contributed by atoms with Crippen LogP contribution in [0.4, 0.5) is 0 Å². The van der Waals surface area contributed by atoms with E-state index >= 15 is 0 Å². The molecule has 0 saturated carbocycles. The summed E-state index contributed by atoms with van der Waals surface area (Å²) in [5.41, 5.74) is 3.02. The van der Waals surface area contributed by atoms with Crippen molar-refractivity contribution in [2.45, 2.75) is 117 Å². The third-order valence-electron chi connectivity index (χ3n) is 7.56. The van der Waals surface area contributed by atoms with Gasteiger partial charge in [0, 0.05) is 0 Å². The first-order chi connectivity index (χ1) is 21.4. The maximum atomic E-state index is 12.4. The first kappa shape index (κ1) is 34.7. The highest BCUT2D eigenvalue weighted by Crippen LogP contribution is 2.21. The monoisotopic (exact) mass is 602 g/mol. The van der Waals surface area contributed by atoms with Gasteiger partial charge in [0.2, 0.25) is 0 Å². The molecule has 238 valence electrons. The Kier molecular flexibility index (Phi) is 15.4. The fourth-order valence-electron chi connectivity index (χ4n) is 4.78. The van der Waals surface area contributed by atoms with E-state index in [1.165, 1.54) is 38.5 Å². The summed E-state index contributed by atoms with van der Waals surface area (Å²) in [5, 5.41) is 0. The van der Waals surface area contributed by atoms with Gasteiger partial charge in [0.25, 0.3) is 0 Å². The predicted octanol–water partition coefficient (Wildman–Crippen LogP) is 9.88. The number of esters is 2. The zero-order valence-electron chi connectivity index (χ0n) is 27.0. The molecule has 0 fully saturated rings. The molecule has 0 N–H and O–H groups in total. The van der Waals surface area contributed by atoms with E-state index in [4.69, 9.17) is 18.9 Å². The Labute approximate surface area is 264 Å². The molecule has 0 aliphatic carbocycles. The second-order valence-electron chi connectivity index (χ2n) is 11.6. The van der Waals surface area contributed by atoms with E-state index in [2.05, 4.69) is 13.8 Å². The van der Waals surface area contributed by atoms with Crippen LogP contribution < -0.4 is 9.47 Å². The summed E-state index contributed by atoms with van der Waals surface area (Å²) in [7, 11) is 0. The molecular formula is C38H50O6. The predicted molar refractivity (Wildman–Crippen MR) is 175 cm³/mol. The van der Waals surface area contributed by atoms with Gasteiger partial charge >= 0.3 is 11.9 Å². The molecule has 0 aliphatic rings. The Morgan fingerprint density at radius 1 is 0.523 bits per heavy atom.